The van der Waals surface area contributed by atoms with Crippen molar-refractivity contribution in [1.29, 1.82) is 0 Å². The van der Waals surface area contributed by atoms with Crippen LogP contribution in [-0.2, 0) is 4.79 Å². The highest BCUT2D eigenvalue weighted by Crippen LogP contribution is 2.47. The van der Waals surface area contributed by atoms with E-state index in [2.05, 4.69) is 22.5 Å². The van der Waals surface area contributed by atoms with E-state index < -0.39 is 5.41 Å². The van der Waals surface area contributed by atoms with Crippen molar-refractivity contribution in [1.82, 2.24) is 15.5 Å². The molecule has 5 heteroatoms. The molecule has 0 aromatic rings. The lowest BCUT2D eigenvalue weighted by Crippen LogP contribution is -2.44. The molecule has 0 radical (unpaired) electrons. The number of carbonyl (C=O) groups excluding carboxylic acids is 1. The lowest BCUT2D eigenvalue weighted by Gasteiger charge is -2.38. The molecule has 22 heavy (non-hydrogen) atoms. The minimum atomic E-state index is -0.468. The first-order valence-electron chi connectivity index (χ1n) is 8.74. The molecule has 1 saturated carbocycles. The van der Waals surface area contributed by atoms with Gasteiger partial charge >= 0.3 is 0 Å². The van der Waals surface area contributed by atoms with Crippen LogP contribution < -0.4 is 10.6 Å². The molecule has 0 atom stereocenters. The molecule has 5 nitrogen and oxygen atoms in total. The average Bonchev–Trinajstić information content (AvgIpc) is 2.89. The third kappa shape index (κ3) is 3.73. The quantitative estimate of drug-likeness (QED) is 0.603. The first-order valence-corrected chi connectivity index (χ1v) is 8.74. The van der Waals surface area contributed by atoms with E-state index in [9.17, 15) is 4.79 Å². The number of aliphatic imine (C=N–C) groups is 1. The molecule has 2 fully saturated rings. The molecule has 1 amide bonds. The summed E-state index contributed by atoms with van der Waals surface area (Å²) in [4.78, 5) is 19.3. The molecule has 0 unspecified atom stereocenters. The summed E-state index contributed by atoms with van der Waals surface area (Å²) in [6.07, 6.45) is 5.41. The smallest absolute Gasteiger partial charge is 0.227 e. The van der Waals surface area contributed by atoms with E-state index in [1.807, 2.05) is 20.8 Å². The summed E-state index contributed by atoms with van der Waals surface area (Å²) in [5, 5.41) is 6.30. The Labute approximate surface area is 134 Å². The van der Waals surface area contributed by atoms with Gasteiger partial charge in [-0.05, 0) is 52.4 Å². The van der Waals surface area contributed by atoms with Crippen molar-refractivity contribution in [2.24, 2.45) is 15.8 Å². The zero-order valence-electron chi connectivity index (χ0n) is 14.7. The van der Waals surface area contributed by atoms with Crippen LogP contribution in [-0.4, -0.2) is 49.5 Å². The summed E-state index contributed by atoms with van der Waals surface area (Å²) in [5.74, 6) is 1.05. The van der Waals surface area contributed by atoms with Crippen LogP contribution in [0.15, 0.2) is 4.99 Å². The van der Waals surface area contributed by atoms with Crippen LogP contribution in [0.25, 0.3) is 0 Å². The van der Waals surface area contributed by atoms with Crippen molar-refractivity contribution >= 4 is 11.9 Å². The van der Waals surface area contributed by atoms with Gasteiger partial charge in [0.15, 0.2) is 5.96 Å². The van der Waals surface area contributed by atoms with E-state index in [0.717, 1.165) is 25.6 Å². The monoisotopic (exact) mass is 308 g/mol. The van der Waals surface area contributed by atoms with Crippen LogP contribution in [0.5, 0.6) is 0 Å². The van der Waals surface area contributed by atoms with Gasteiger partial charge in [0.1, 0.15) is 0 Å². The molecule has 1 spiro atoms. The minimum absolute atomic E-state index is 0.0754. The predicted octanol–water partition coefficient (Wildman–Crippen LogP) is 1.99. The maximum absolute atomic E-state index is 12.1. The first-order chi connectivity index (χ1) is 10.4. The van der Waals surface area contributed by atoms with Crippen molar-refractivity contribution in [2.75, 3.05) is 32.7 Å². The van der Waals surface area contributed by atoms with Gasteiger partial charge in [0, 0.05) is 26.2 Å². The Hall–Kier alpha value is -1.26. The Bertz CT molecular complexity index is 426. The largest absolute Gasteiger partial charge is 0.357 e. The predicted molar refractivity (Wildman–Crippen MR) is 90.9 cm³/mol. The van der Waals surface area contributed by atoms with Gasteiger partial charge in [-0.25, -0.2) is 0 Å². The van der Waals surface area contributed by atoms with E-state index in [1.165, 1.54) is 25.7 Å². The van der Waals surface area contributed by atoms with Crippen molar-refractivity contribution < 1.29 is 4.79 Å². The summed E-state index contributed by atoms with van der Waals surface area (Å²) < 4.78 is 0. The second kappa shape index (κ2) is 6.88. The van der Waals surface area contributed by atoms with Gasteiger partial charge in [-0.2, -0.15) is 0 Å². The molecule has 1 aliphatic heterocycles. The maximum Gasteiger partial charge on any atom is 0.227 e. The number of nitrogens with zero attached hydrogens (tertiary/aromatic N) is 2. The fourth-order valence-corrected chi connectivity index (χ4v) is 3.37. The normalized spacial score (nSPS) is 20.9. The molecule has 0 bridgehead atoms. The lowest BCUT2D eigenvalue weighted by atomic mass is 9.68. The van der Waals surface area contributed by atoms with Crippen LogP contribution in [0.2, 0.25) is 0 Å². The number of guanidine groups is 1. The van der Waals surface area contributed by atoms with Gasteiger partial charge in [-0.1, -0.05) is 6.42 Å². The Morgan fingerprint density at radius 3 is 2.36 bits per heavy atom. The van der Waals surface area contributed by atoms with Gasteiger partial charge in [0.05, 0.1) is 12.0 Å². The molecular formula is C17H32N4O. The molecule has 2 rings (SSSR count). The van der Waals surface area contributed by atoms with E-state index >= 15 is 0 Å². The summed E-state index contributed by atoms with van der Waals surface area (Å²) >= 11 is 0. The molecule has 2 aliphatic rings. The highest BCUT2D eigenvalue weighted by Gasteiger charge is 2.43. The third-order valence-corrected chi connectivity index (χ3v) is 5.06. The molecule has 0 aromatic heterocycles. The topological polar surface area (TPSA) is 56.7 Å². The van der Waals surface area contributed by atoms with E-state index in [4.69, 9.17) is 4.99 Å². The Balaban J connectivity index is 1.99. The van der Waals surface area contributed by atoms with Gasteiger partial charge in [-0.15, -0.1) is 0 Å². The maximum atomic E-state index is 12.1. The second-order valence-electron chi connectivity index (χ2n) is 7.44. The highest BCUT2D eigenvalue weighted by atomic mass is 16.2. The van der Waals surface area contributed by atoms with Gasteiger partial charge < -0.3 is 15.5 Å². The number of hydrogen-bond donors (Lipinski definition) is 2. The van der Waals surface area contributed by atoms with Gasteiger partial charge in [0.25, 0.3) is 0 Å². The standard InChI is InChI=1S/C17H32N4O/c1-5-18-14(22)16(3,4)12-20-15(19-6-2)21-11-10-17(13-21)8-7-9-17/h5-13H2,1-4H3,(H,18,22)(H,19,20). The highest BCUT2D eigenvalue weighted by molar-refractivity contribution is 5.84. The van der Waals surface area contributed by atoms with Crippen molar-refractivity contribution in [3.05, 3.63) is 0 Å². The second-order valence-corrected chi connectivity index (χ2v) is 7.44. The molecule has 126 valence electrons. The number of carbonyl (C=O) groups is 1. The SMILES string of the molecule is CCNC(=O)C(C)(C)CN=C(NCC)N1CCC2(CCC2)C1. The number of nitrogens with one attached hydrogen (secondary N) is 2. The number of amides is 1. The zero-order valence-corrected chi connectivity index (χ0v) is 14.7. The average molecular weight is 308 g/mol. The van der Waals surface area contributed by atoms with E-state index in [1.54, 1.807) is 0 Å². The van der Waals surface area contributed by atoms with Crippen molar-refractivity contribution in [2.45, 2.75) is 53.4 Å². The summed E-state index contributed by atoms with van der Waals surface area (Å²) in [6, 6.07) is 0. The molecule has 1 saturated heterocycles. The van der Waals surface area contributed by atoms with Crippen LogP contribution in [0.4, 0.5) is 0 Å². The molecular weight excluding hydrogens is 276 g/mol. The molecule has 1 aliphatic carbocycles. The Kier molecular flexibility index (Phi) is 5.35. The fourth-order valence-electron chi connectivity index (χ4n) is 3.37. The molecule has 2 N–H and O–H groups in total. The number of likely N-dealkylation sites (tertiary alicyclic amines) is 1. The molecule has 1 heterocycles. The van der Waals surface area contributed by atoms with Crippen LogP contribution in [0, 0.1) is 10.8 Å². The van der Waals surface area contributed by atoms with Crippen LogP contribution in [0.3, 0.4) is 0 Å². The lowest BCUT2D eigenvalue weighted by molar-refractivity contribution is -0.128. The van der Waals surface area contributed by atoms with Gasteiger partial charge in [0.2, 0.25) is 5.91 Å². The van der Waals surface area contributed by atoms with E-state index in [-0.39, 0.29) is 5.91 Å². The third-order valence-electron chi connectivity index (χ3n) is 5.06. The molecule has 0 aromatic carbocycles. The van der Waals surface area contributed by atoms with Crippen molar-refractivity contribution in [3.63, 3.8) is 0 Å². The van der Waals surface area contributed by atoms with Crippen LogP contribution in [0.1, 0.15) is 53.4 Å². The summed E-state index contributed by atoms with van der Waals surface area (Å²) in [7, 11) is 0. The summed E-state index contributed by atoms with van der Waals surface area (Å²) in [5.41, 5.74) is 0.0931. The Morgan fingerprint density at radius 1 is 1.18 bits per heavy atom. The summed E-state index contributed by atoms with van der Waals surface area (Å²) in [6.45, 7) is 12.2. The first kappa shape index (κ1) is 17.1. The zero-order chi connectivity index (χ0) is 16.2. The fraction of sp³-hybridized carbons (Fsp3) is 0.882. The minimum Gasteiger partial charge on any atom is -0.357 e. The van der Waals surface area contributed by atoms with Gasteiger partial charge in [-0.3, -0.25) is 9.79 Å². The van der Waals surface area contributed by atoms with Crippen LogP contribution >= 0.6 is 0 Å². The van der Waals surface area contributed by atoms with E-state index in [0.29, 0.717) is 18.5 Å². The number of hydrogen-bond acceptors (Lipinski definition) is 2. The number of rotatable bonds is 5. The van der Waals surface area contributed by atoms with Crippen molar-refractivity contribution in [3.8, 4) is 0 Å². The Morgan fingerprint density at radius 2 is 1.86 bits per heavy atom.